The van der Waals surface area contributed by atoms with Crippen molar-refractivity contribution in [2.75, 3.05) is 20.2 Å². The van der Waals surface area contributed by atoms with Crippen LogP contribution in [0, 0.1) is 0 Å². The largest absolute Gasteiger partial charge is 0.376 e. The third-order valence-corrected chi connectivity index (χ3v) is 4.55. The Hall–Kier alpha value is -0.420. The molecule has 2 rings (SSSR count). The molecule has 3 nitrogen and oxygen atoms in total. The van der Waals surface area contributed by atoms with Gasteiger partial charge in [0.2, 0.25) is 0 Å². The first-order valence-electron chi connectivity index (χ1n) is 6.80. The highest BCUT2D eigenvalue weighted by Gasteiger charge is 2.25. The van der Waals surface area contributed by atoms with Crippen molar-refractivity contribution in [3.63, 3.8) is 0 Å². The van der Waals surface area contributed by atoms with Crippen LogP contribution in [0.2, 0.25) is 0 Å². The van der Waals surface area contributed by atoms with Crippen molar-refractivity contribution in [2.45, 2.75) is 45.5 Å². The minimum atomic E-state index is 0.365. The van der Waals surface area contributed by atoms with Crippen LogP contribution in [-0.2, 0) is 17.8 Å². The van der Waals surface area contributed by atoms with Crippen molar-refractivity contribution < 1.29 is 4.74 Å². The summed E-state index contributed by atoms with van der Waals surface area (Å²) >= 11 is 1.92. The molecule has 0 amide bonds. The fourth-order valence-corrected chi connectivity index (χ4v) is 3.51. The van der Waals surface area contributed by atoms with E-state index in [1.54, 1.807) is 0 Å². The average Bonchev–Trinajstić information content (AvgIpc) is 2.77. The highest BCUT2D eigenvalue weighted by Crippen LogP contribution is 2.22. The average molecular weight is 268 g/mol. The zero-order valence-corrected chi connectivity index (χ0v) is 12.4. The Kier molecular flexibility index (Phi) is 5.18. The molecule has 0 bridgehead atoms. The summed E-state index contributed by atoms with van der Waals surface area (Å²) in [5.41, 5.74) is 0. The summed E-state index contributed by atoms with van der Waals surface area (Å²) in [5, 5.41) is 3.20. The molecule has 1 aromatic heterocycles. The molecule has 0 aliphatic carbocycles. The Labute approximate surface area is 114 Å². The second kappa shape index (κ2) is 6.66. The molecular formula is C14H24N2OS. The van der Waals surface area contributed by atoms with Gasteiger partial charge in [-0.1, -0.05) is 6.92 Å². The van der Waals surface area contributed by atoms with E-state index in [4.69, 9.17) is 4.74 Å². The molecule has 1 N–H and O–H groups in total. The minimum Gasteiger partial charge on any atom is -0.376 e. The van der Waals surface area contributed by atoms with E-state index in [0.29, 0.717) is 12.1 Å². The number of ether oxygens (including phenoxy) is 1. The third kappa shape index (κ3) is 3.54. The SMILES string of the molecule is CCC1COC(C)CN1Cc1ccc(CNC)s1. The molecule has 0 radical (unpaired) electrons. The molecule has 1 aliphatic heterocycles. The lowest BCUT2D eigenvalue weighted by atomic mass is 10.1. The summed E-state index contributed by atoms with van der Waals surface area (Å²) in [6.07, 6.45) is 1.53. The van der Waals surface area contributed by atoms with Crippen LogP contribution in [0.1, 0.15) is 30.0 Å². The molecule has 1 aromatic rings. The van der Waals surface area contributed by atoms with Crippen molar-refractivity contribution in [2.24, 2.45) is 0 Å². The van der Waals surface area contributed by atoms with E-state index in [2.05, 4.69) is 36.2 Å². The van der Waals surface area contributed by atoms with Gasteiger partial charge < -0.3 is 10.1 Å². The highest BCUT2D eigenvalue weighted by atomic mass is 32.1. The predicted molar refractivity (Wildman–Crippen MR) is 77.0 cm³/mol. The smallest absolute Gasteiger partial charge is 0.0674 e. The number of morpholine rings is 1. The lowest BCUT2D eigenvalue weighted by Gasteiger charge is -2.38. The lowest BCUT2D eigenvalue weighted by molar-refractivity contribution is -0.0588. The van der Waals surface area contributed by atoms with Crippen molar-refractivity contribution in [1.29, 1.82) is 0 Å². The molecule has 2 heterocycles. The van der Waals surface area contributed by atoms with E-state index in [9.17, 15) is 0 Å². The van der Waals surface area contributed by atoms with Gasteiger partial charge in [-0.3, -0.25) is 4.90 Å². The van der Waals surface area contributed by atoms with Crippen molar-refractivity contribution in [3.8, 4) is 0 Å². The molecule has 4 heteroatoms. The monoisotopic (exact) mass is 268 g/mol. The van der Waals surface area contributed by atoms with Crippen LogP contribution in [-0.4, -0.2) is 37.2 Å². The quantitative estimate of drug-likeness (QED) is 0.888. The summed E-state index contributed by atoms with van der Waals surface area (Å²) in [4.78, 5) is 5.46. The lowest BCUT2D eigenvalue weighted by Crippen LogP contribution is -2.47. The molecule has 102 valence electrons. The van der Waals surface area contributed by atoms with Crippen LogP contribution in [0.3, 0.4) is 0 Å². The second-order valence-electron chi connectivity index (χ2n) is 5.03. The van der Waals surface area contributed by atoms with Crippen LogP contribution in [0.25, 0.3) is 0 Å². The number of nitrogens with one attached hydrogen (secondary N) is 1. The zero-order valence-electron chi connectivity index (χ0n) is 11.6. The van der Waals surface area contributed by atoms with Crippen molar-refractivity contribution >= 4 is 11.3 Å². The van der Waals surface area contributed by atoms with Gasteiger partial charge in [0.15, 0.2) is 0 Å². The summed E-state index contributed by atoms with van der Waals surface area (Å²) < 4.78 is 5.74. The van der Waals surface area contributed by atoms with Crippen molar-refractivity contribution in [3.05, 3.63) is 21.9 Å². The van der Waals surface area contributed by atoms with Gasteiger partial charge in [-0.15, -0.1) is 11.3 Å². The van der Waals surface area contributed by atoms with Gasteiger partial charge >= 0.3 is 0 Å². The fourth-order valence-electron chi connectivity index (χ4n) is 2.46. The Morgan fingerprint density at radius 2 is 2.22 bits per heavy atom. The van der Waals surface area contributed by atoms with E-state index < -0.39 is 0 Å². The second-order valence-corrected chi connectivity index (χ2v) is 6.29. The molecule has 18 heavy (non-hydrogen) atoms. The van der Waals surface area contributed by atoms with Crippen LogP contribution in [0.4, 0.5) is 0 Å². The molecule has 0 spiro atoms. The topological polar surface area (TPSA) is 24.5 Å². The molecular weight excluding hydrogens is 244 g/mol. The van der Waals surface area contributed by atoms with Gasteiger partial charge in [0.1, 0.15) is 0 Å². The molecule has 2 atom stereocenters. The number of rotatable bonds is 5. The van der Waals surface area contributed by atoms with Gasteiger partial charge in [0.25, 0.3) is 0 Å². The number of hydrogen-bond acceptors (Lipinski definition) is 4. The number of hydrogen-bond donors (Lipinski definition) is 1. The molecule has 0 saturated carbocycles. The van der Waals surface area contributed by atoms with E-state index in [0.717, 1.165) is 26.2 Å². The van der Waals surface area contributed by atoms with E-state index >= 15 is 0 Å². The van der Waals surface area contributed by atoms with E-state index in [1.165, 1.54) is 16.2 Å². The van der Waals surface area contributed by atoms with Crippen LogP contribution in [0.5, 0.6) is 0 Å². The predicted octanol–water partition coefficient (Wildman–Crippen LogP) is 2.47. The first kappa shape index (κ1) is 14.0. The summed E-state index contributed by atoms with van der Waals surface area (Å²) in [6, 6.07) is 5.09. The molecule has 0 aromatic carbocycles. The summed E-state index contributed by atoms with van der Waals surface area (Å²) in [7, 11) is 2.00. The van der Waals surface area contributed by atoms with Gasteiger partial charge in [0.05, 0.1) is 12.7 Å². The van der Waals surface area contributed by atoms with E-state index in [1.807, 2.05) is 18.4 Å². The van der Waals surface area contributed by atoms with Crippen LogP contribution in [0.15, 0.2) is 12.1 Å². The molecule has 1 saturated heterocycles. The normalized spacial score (nSPS) is 25.5. The highest BCUT2D eigenvalue weighted by molar-refractivity contribution is 7.11. The van der Waals surface area contributed by atoms with Gasteiger partial charge in [-0.05, 0) is 32.5 Å². The van der Waals surface area contributed by atoms with Gasteiger partial charge in [-0.2, -0.15) is 0 Å². The van der Waals surface area contributed by atoms with Crippen LogP contribution < -0.4 is 5.32 Å². The van der Waals surface area contributed by atoms with Crippen molar-refractivity contribution in [1.82, 2.24) is 10.2 Å². The maximum Gasteiger partial charge on any atom is 0.0674 e. The Morgan fingerprint density at radius 3 is 2.94 bits per heavy atom. The third-order valence-electron chi connectivity index (χ3n) is 3.48. The Morgan fingerprint density at radius 1 is 1.44 bits per heavy atom. The molecule has 1 fully saturated rings. The maximum atomic E-state index is 5.74. The summed E-state index contributed by atoms with van der Waals surface area (Å²) in [5.74, 6) is 0. The van der Waals surface area contributed by atoms with Gasteiger partial charge in [0, 0.05) is 35.4 Å². The van der Waals surface area contributed by atoms with Crippen LogP contribution >= 0.6 is 11.3 Å². The maximum absolute atomic E-state index is 5.74. The first-order chi connectivity index (χ1) is 8.72. The minimum absolute atomic E-state index is 0.365. The number of thiophene rings is 1. The van der Waals surface area contributed by atoms with E-state index in [-0.39, 0.29) is 0 Å². The molecule has 2 unspecified atom stereocenters. The van der Waals surface area contributed by atoms with Gasteiger partial charge in [-0.25, -0.2) is 0 Å². The molecule has 1 aliphatic rings. The zero-order chi connectivity index (χ0) is 13.0. The summed E-state index contributed by atoms with van der Waals surface area (Å²) in [6.45, 7) is 8.39. The Bertz CT molecular complexity index is 366. The Balaban J connectivity index is 1.96. The first-order valence-corrected chi connectivity index (χ1v) is 7.62. The standard InChI is InChI=1S/C14H24N2OS/c1-4-12-10-17-11(2)8-16(12)9-14-6-5-13(18-14)7-15-3/h5-6,11-12,15H,4,7-10H2,1-3H3. The fraction of sp³-hybridized carbons (Fsp3) is 0.714. The number of nitrogens with zero attached hydrogens (tertiary/aromatic N) is 1.